The fraction of sp³-hybridized carbons (Fsp3) is 0.167. The molecule has 0 unspecified atom stereocenters. The van der Waals surface area contributed by atoms with Crippen LogP contribution in [0, 0.1) is 11.3 Å². The van der Waals surface area contributed by atoms with Gasteiger partial charge < -0.3 is 4.74 Å². The number of nitriles is 1. The van der Waals surface area contributed by atoms with Crippen molar-refractivity contribution in [3.8, 4) is 11.8 Å². The molecule has 22 heavy (non-hydrogen) atoms. The van der Waals surface area contributed by atoms with E-state index in [9.17, 15) is 0 Å². The number of rotatable bonds is 5. The maximum absolute atomic E-state index is 9.08. The summed E-state index contributed by atoms with van der Waals surface area (Å²) in [7, 11) is 0. The molecular formula is C18H14ClNOS. The first-order valence-corrected chi connectivity index (χ1v) is 8.37. The Morgan fingerprint density at radius 2 is 1.95 bits per heavy atom. The molecule has 3 rings (SSSR count). The lowest BCUT2D eigenvalue weighted by Gasteiger charge is -2.19. The van der Waals surface area contributed by atoms with Gasteiger partial charge in [-0.05, 0) is 23.8 Å². The van der Waals surface area contributed by atoms with E-state index in [4.69, 9.17) is 21.6 Å². The highest BCUT2D eigenvalue weighted by Crippen LogP contribution is 2.35. The molecule has 0 aliphatic rings. The quantitative estimate of drug-likeness (QED) is 0.578. The molecule has 0 spiro atoms. The number of nitrogens with zero attached hydrogens (tertiary/aromatic N) is 1. The second kappa shape index (κ2) is 6.83. The Bertz CT molecular complexity index is 807. The van der Waals surface area contributed by atoms with E-state index >= 15 is 0 Å². The molecule has 0 radical (unpaired) electrons. The molecule has 2 nitrogen and oxygen atoms in total. The molecule has 4 heteroatoms. The highest BCUT2D eigenvalue weighted by Gasteiger charge is 2.15. The number of ether oxygens (including phenoxy) is 1. The van der Waals surface area contributed by atoms with E-state index in [-0.39, 0.29) is 6.10 Å². The molecule has 1 heterocycles. The van der Waals surface area contributed by atoms with Crippen molar-refractivity contribution in [3.05, 3.63) is 65.0 Å². The predicted octanol–water partition coefficient (Wildman–Crippen LogP) is 5.52. The molecule has 0 saturated heterocycles. The van der Waals surface area contributed by atoms with E-state index < -0.39 is 0 Å². The van der Waals surface area contributed by atoms with Gasteiger partial charge in [0.05, 0.1) is 0 Å². The van der Waals surface area contributed by atoms with E-state index in [2.05, 4.69) is 6.07 Å². The van der Waals surface area contributed by atoms with Gasteiger partial charge in [-0.3, -0.25) is 0 Å². The van der Waals surface area contributed by atoms with Gasteiger partial charge in [0.2, 0.25) is 0 Å². The van der Waals surface area contributed by atoms with E-state index in [1.54, 1.807) is 0 Å². The average Bonchev–Trinajstić information content (AvgIpc) is 2.99. The molecule has 0 saturated carbocycles. The molecular weight excluding hydrogens is 314 g/mol. The molecule has 0 aliphatic carbocycles. The van der Waals surface area contributed by atoms with Crippen LogP contribution < -0.4 is 4.74 Å². The van der Waals surface area contributed by atoms with Crippen LogP contribution in [0.5, 0.6) is 5.75 Å². The lowest BCUT2D eigenvalue weighted by Crippen LogP contribution is -2.08. The number of hydrogen-bond acceptors (Lipinski definition) is 3. The highest BCUT2D eigenvalue weighted by molar-refractivity contribution is 7.19. The Balaban J connectivity index is 1.96. The smallest absolute Gasteiger partial charge is 0.128 e. The van der Waals surface area contributed by atoms with Crippen LogP contribution in [0.2, 0.25) is 0 Å². The molecule has 110 valence electrons. The van der Waals surface area contributed by atoms with Crippen LogP contribution in [-0.2, 0) is 0 Å². The third-order valence-electron chi connectivity index (χ3n) is 3.44. The van der Waals surface area contributed by atoms with Gasteiger partial charge in [-0.2, -0.15) is 5.26 Å². The summed E-state index contributed by atoms with van der Waals surface area (Å²) >= 11 is 7.42. The Morgan fingerprint density at radius 1 is 1.14 bits per heavy atom. The second-order valence-corrected chi connectivity index (χ2v) is 6.35. The molecule has 0 bridgehead atoms. The molecule has 0 fully saturated rings. The van der Waals surface area contributed by atoms with Gasteiger partial charge in [0, 0.05) is 22.4 Å². The fourth-order valence-electron chi connectivity index (χ4n) is 2.41. The first kappa shape index (κ1) is 14.9. The number of hydrogen-bond donors (Lipinski definition) is 0. The van der Waals surface area contributed by atoms with Crippen molar-refractivity contribution in [1.29, 1.82) is 5.26 Å². The van der Waals surface area contributed by atoms with Crippen LogP contribution >= 0.6 is 22.9 Å². The minimum absolute atomic E-state index is 0.0882. The molecule has 2 aromatic carbocycles. The number of benzene rings is 2. The zero-order chi connectivity index (χ0) is 15.4. The summed E-state index contributed by atoms with van der Waals surface area (Å²) in [6, 6.07) is 20.1. The summed E-state index contributed by atoms with van der Waals surface area (Å²) in [5, 5.41) is 10.1. The van der Waals surface area contributed by atoms with Crippen molar-refractivity contribution in [1.82, 2.24) is 0 Å². The minimum Gasteiger partial charge on any atom is -0.485 e. The molecule has 0 aliphatic heterocycles. The largest absolute Gasteiger partial charge is 0.485 e. The first-order valence-electron chi connectivity index (χ1n) is 7.02. The topological polar surface area (TPSA) is 33.0 Å². The van der Waals surface area contributed by atoms with Crippen molar-refractivity contribution in [2.75, 3.05) is 5.88 Å². The van der Waals surface area contributed by atoms with Crippen LogP contribution in [0.3, 0.4) is 0 Å². The number of thiophene rings is 1. The summed E-state index contributed by atoms with van der Waals surface area (Å²) in [5.74, 6) is 1.33. The predicted molar refractivity (Wildman–Crippen MR) is 91.7 cm³/mol. The zero-order valence-corrected chi connectivity index (χ0v) is 13.4. The van der Waals surface area contributed by atoms with Gasteiger partial charge in [-0.25, -0.2) is 0 Å². The van der Waals surface area contributed by atoms with Crippen LogP contribution in [0.1, 0.15) is 23.0 Å². The molecule has 0 N–H and O–H groups in total. The minimum atomic E-state index is -0.0882. The maximum atomic E-state index is 9.08. The first-order chi connectivity index (χ1) is 10.8. The van der Waals surface area contributed by atoms with Crippen LogP contribution in [-0.4, -0.2) is 5.88 Å². The second-order valence-electron chi connectivity index (χ2n) is 4.89. The summed E-state index contributed by atoms with van der Waals surface area (Å²) in [6.45, 7) is 0. The summed E-state index contributed by atoms with van der Waals surface area (Å²) < 4.78 is 7.29. The summed E-state index contributed by atoms with van der Waals surface area (Å²) in [5.41, 5.74) is 1.11. The van der Waals surface area contributed by atoms with Crippen molar-refractivity contribution >= 4 is 33.0 Å². The highest BCUT2D eigenvalue weighted by atomic mass is 35.5. The zero-order valence-electron chi connectivity index (χ0n) is 11.8. The SMILES string of the molecule is N#Cc1cc2c(O[C@@H](CCCl)c3ccccc3)cccc2s1. The molecule has 1 aromatic heterocycles. The van der Waals surface area contributed by atoms with Crippen molar-refractivity contribution < 1.29 is 4.74 Å². The normalized spacial score (nSPS) is 12.0. The van der Waals surface area contributed by atoms with E-state index in [0.717, 1.165) is 27.8 Å². The van der Waals surface area contributed by atoms with Crippen LogP contribution in [0.15, 0.2) is 54.6 Å². The fourth-order valence-corrected chi connectivity index (χ4v) is 3.48. The van der Waals surface area contributed by atoms with Gasteiger partial charge in [0.25, 0.3) is 0 Å². The van der Waals surface area contributed by atoms with E-state index in [1.165, 1.54) is 11.3 Å². The third kappa shape index (κ3) is 3.09. The number of alkyl halides is 1. The Labute approximate surface area is 138 Å². The lowest BCUT2D eigenvalue weighted by molar-refractivity contribution is 0.205. The lowest BCUT2D eigenvalue weighted by atomic mass is 10.1. The van der Waals surface area contributed by atoms with Crippen molar-refractivity contribution in [2.24, 2.45) is 0 Å². The number of fused-ring (bicyclic) bond motifs is 1. The van der Waals surface area contributed by atoms with Crippen molar-refractivity contribution in [3.63, 3.8) is 0 Å². The Morgan fingerprint density at radius 3 is 2.68 bits per heavy atom. The van der Waals surface area contributed by atoms with Gasteiger partial charge in [0.15, 0.2) is 0 Å². The van der Waals surface area contributed by atoms with Gasteiger partial charge in [-0.1, -0.05) is 36.4 Å². The molecule has 3 aromatic rings. The maximum Gasteiger partial charge on any atom is 0.128 e. The molecule has 0 amide bonds. The van der Waals surface area contributed by atoms with Gasteiger partial charge in [-0.15, -0.1) is 22.9 Å². The third-order valence-corrected chi connectivity index (χ3v) is 4.67. The molecule has 1 atom stereocenters. The van der Waals surface area contributed by atoms with E-state index in [1.807, 2.05) is 54.6 Å². The Kier molecular flexibility index (Phi) is 4.62. The standard InChI is InChI=1S/C18H14ClNOS/c19-10-9-16(13-5-2-1-3-6-13)21-17-7-4-8-18-15(17)11-14(12-20)22-18/h1-8,11,16H,9-10H2/t16-/m0/s1. The number of halogens is 1. The average molecular weight is 328 g/mol. The monoisotopic (exact) mass is 327 g/mol. The van der Waals surface area contributed by atoms with Crippen LogP contribution in [0.25, 0.3) is 10.1 Å². The van der Waals surface area contributed by atoms with E-state index in [0.29, 0.717) is 10.8 Å². The Hall–Kier alpha value is -2.02. The summed E-state index contributed by atoms with van der Waals surface area (Å²) in [4.78, 5) is 0.694. The van der Waals surface area contributed by atoms with Gasteiger partial charge in [0.1, 0.15) is 22.8 Å². The van der Waals surface area contributed by atoms with Gasteiger partial charge >= 0.3 is 0 Å². The summed E-state index contributed by atoms with van der Waals surface area (Å²) in [6.07, 6.45) is 0.645. The van der Waals surface area contributed by atoms with Crippen molar-refractivity contribution in [2.45, 2.75) is 12.5 Å². The van der Waals surface area contributed by atoms with Crippen LogP contribution in [0.4, 0.5) is 0 Å².